The van der Waals surface area contributed by atoms with Crippen molar-refractivity contribution < 1.29 is 9.66 Å². The van der Waals surface area contributed by atoms with E-state index in [0.29, 0.717) is 31.3 Å². The number of hydrogen-bond acceptors (Lipinski definition) is 6. The number of thiazole rings is 1. The van der Waals surface area contributed by atoms with Crippen LogP contribution in [0.5, 0.6) is 0 Å². The first-order valence-electron chi connectivity index (χ1n) is 8.70. The van der Waals surface area contributed by atoms with Crippen molar-refractivity contribution in [1.29, 1.82) is 0 Å². The van der Waals surface area contributed by atoms with Gasteiger partial charge in [-0.05, 0) is 24.3 Å². The molecule has 9 heteroatoms. The fourth-order valence-electron chi connectivity index (χ4n) is 3.01. The van der Waals surface area contributed by atoms with Crippen molar-refractivity contribution in [3.8, 4) is 11.3 Å². The van der Waals surface area contributed by atoms with Crippen LogP contribution in [0.2, 0.25) is 5.02 Å². The standard InChI is InChI=1S/C19H17ClN4O3S/c20-15-4-6-16(7-5-15)21-19-23(22-8-10-27-11-9-22)18(13-28-19)14-2-1-3-17(12-14)24(25)26/h1-7,12-13H,8-11H2. The first kappa shape index (κ1) is 18.7. The van der Waals surface area contributed by atoms with E-state index in [4.69, 9.17) is 21.3 Å². The molecule has 0 saturated carbocycles. The molecule has 1 aliphatic rings. The zero-order chi connectivity index (χ0) is 19.5. The number of ether oxygens (including phenoxy) is 1. The summed E-state index contributed by atoms with van der Waals surface area (Å²) in [6, 6.07) is 14.0. The Hall–Kier alpha value is -2.68. The fourth-order valence-corrected chi connectivity index (χ4v) is 4.06. The maximum atomic E-state index is 11.2. The van der Waals surface area contributed by atoms with Crippen molar-refractivity contribution in [2.75, 3.05) is 31.3 Å². The van der Waals surface area contributed by atoms with E-state index in [1.54, 1.807) is 24.3 Å². The van der Waals surface area contributed by atoms with E-state index in [2.05, 4.69) is 5.01 Å². The normalized spacial score (nSPS) is 15.0. The van der Waals surface area contributed by atoms with E-state index in [1.165, 1.54) is 17.4 Å². The number of nitrogens with zero attached hydrogens (tertiary/aromatic N) is 4. The Bertz CT molecular complexity index is 1060. The van der Waals surface area contributed by atoms with Gasteiger partial charge >= 0.3 is 0 Å². The van der Waals surface area contributed by atoms with E-state index in [0.717, 1.165) is 21.7 Å². The molecule has 0 spiro atoms. The quantitative estimate of drug-likeness (QED) is 0.476. The lowest BCUT2D eigenvalue weighted by Crippen LogP contribution is -2.48. The minimum absolute atomic E-state index is 0.0633. The van der Waals surface area contributed by atoms with Crippen LogP contribution in [0.4, 0.5) is 11.4 Å². The Kier molecular flexibility index (Phi) is 5.43. The highest BCUT2D eigenvalue weighted by Crippen LogP contribution is 2.25. The monoisotopic (exact) mass is 416 g/mol. The van der Waals surface area contributed by atoms with E-state index < -0.39 is 0 Å². The second-order valence-corrected chi connectivity index (χ2v) is 7.45. The summed E-state index contributed by atoms with van der Waals surface area (Å²) in [7, 11) is 0. The van der Waals surface area contributed by atoms with Crippen molar-refractivity contribution in [3.63, 3.8) is 0 Å². The zero-order valence-electron chi connectivity index (χ0n) is 14.8. The molecule has 0 atom stereocenters. The average Bonchev–Trinajstić information content (AvgIpc) is 3.14. The molecule has 1 fully saturated rings. The van der Waals surface area contributed by atoms with E-state index >= 15 is 0 Å². The van der Waals surface area contributed by atoms with Crippen molar-refractivity contribution in [2.45, 2.75) is 0 Å². The molecular weight excluding hydrogens is 400 g/mol. The first-order valence-corrected chi connectivity index (χ1v) is 9.96. The molecule has 7 nitrogen and oxygen atoms in total. The molecule has 144 valence electrons. The minimum atomic E-state index is -0.381. The molecule has 2 aromatic carbocycles. The summed E-state index contributed by atoms with van der Waals surface area (Å²) in [5.41, 5.74) is 2.49. The summed E-state index contributed by atoms with van der Waals surface area (Å²) in [5.74, 6) is 0. The summed E-state index contributed by atoms with van der Waals surface area (Å²) in [5, 5.41) is 16.0. The molecular formula is C19H17ClN4O3S. The van der Waals surface area contributed by atoms with Crippen LogP contribution in [-0.4, -0.2) is 35.9 Å². The highest BCUT2D eigenvalue weighted by Gasteiger charge is 2.18. The van der Waals surface area contributed by atoms with Gasteiger partial charge in [0.25, 0.3) is 5.69 Å². The number of aromatic nitrogens is 1. The molecule has 0 amide bonds. The van der Waals surface area contributed by atoms with Gasteiger partial charge in [0.1, 0.15) is 0 Å². The number of nitro groups is 1. The number of morpholine rings is 1. The van der Waals surface area contributed by atoms with Crippen LogP contribution in [-0.2, 0) is 4.74 Å². The Morgan fingerprint density at radius 1 is 1.14 bits per heavy atom. The minimum Gasteiger partial charge on any atom is -0.378 e. The van der Waals surface area contributed by atoms with Gasteiger partial charge in [-0.1, -0.05) is 23.7 Å². The van der Waals surface area contributed by atoms with E-state index in [-0.39, 0.29) is 10.6 Å². The molecule has 1 aromatic heterocycles. The second-order valence-electron chi connectivity index (χ2n) is 6.18. The number of halogens is 1. The Morgan fingerprint density at radius 2 is 1.89 bits per heavy atom. The molecule has 2 heterocycles. The summed E-state index contributed by atoms with van der Waals surface area (Å²) in [6.07, 6.45) is 0. The maximum Gasteiger partial charge on any atom is 0.270 e. The highest BCUT2D eigenvalue weighted by molar-refractivity contribution is 7.07. The lowest BCUT2D eigenvalue weighted by Gasteiger charge is -2.31. The van der Waals surface area contributed by atoms with Crippen LogP contribution < -0.4 is 9.81 Å². The molecule has 0 aliphatic carbocycles. The second kappa shape index (κ2) is 8.14. The van der Waals surface area contributed by atoms with Crippen LogP contribution in [0.15, 0.2) is 58.9 Å². The molecule has 3 aromatic rings. The number of benzene rings is 2. The Morgan fingerprint density at radius 3 is 2.61 bits per heavy atom. The van der Waals surface area contributed by atoms with Gasteiger partial charge in [0, 0.05) is 28.1 Å². The number of non-ortho nitro benzene ring substituents is 1. The SMILES string of the molecule is O=[N+]([O-])c1cccc(-c2csc(=Nc3ccc(Cl)cc3)n2N2CCOCC2)c1. The zero-order valence-corrected chi connectivity index (χ0v) is 16.4. The molecule has 0 N–H and O–H groups in total. The van der Waals surface area contributed by atoms with Gasteiger partial charge in [-0.15, -0.1) is 11.3 Å². The van der Waals surface area contributed by atoms with E-state index in [1.807, 2.05) is 28.3 Å². The predicted molar refractivity (Wildman–Crippen MR) is 110 cm³/mol. The fraction of sp³-hybridized carbons (Fsp3) is 0.211. The smallest absolute Gasteiger partial charge is 0.270 e. The third kappa shape index (κ3) is 3.94. The van der Waals surface area contributed by atoms with Gasteiger partial charge < -0.3 is 9.75 Å². The number of hydrogen-bond donors (Lipinski definition) is 0. The summed E-state index contributed by atoms with van der Waals surface area (Å²) in [6.45, 7) is 2.67. The highest BCUT2D eigenvalue weighted by atomic mass is 35.5. The Labute approximate surface area is 170 Å². The topological polar surface area (TPSA) is 72.9 Å². The first-order chi connectivity index (χ1) is 13.6. The summed E-state index contributed by atoms with van der Waals surface area (Å²) in [4.78, 5) is 16.4. The van der Waals surface area contributed by atoms with E-state index in [9.17, 15) is 10.1 Å². The van der Waals surface area contributed by atoms with Crippen molar-refractivity contribution >= 4 is 34.3 Å². The number of rotatable bonds is 4. The molecule has 0 unspecified atom stereocenters. The van der Waals surface area contributed by atoms with Crippen LogP contribution in [0, 0.1) is 10.1 Å². The largest absolute Gasteiger partial charge is 0.378 e. The predicted octanol–water partition coefficient (Wildman–Crippen LogP) is 3.98. The van der Waals surface area contributed by atoms with Gasteiger partial charge in [-0.2, -0.15) is 0 Å². The van der Waals surface area contributed by atoms with Gasteiger partial charge in [-0.3, -0.25) is 10.1 Å². The third-order valence-corrected chi connectivity index (χ3v) is 5.43. The molecule has 0 bridgehead atoms. The van der Waals surface area contributed by atoms with Gasteiger partial charge in [0.05, 0.1) is 42.6 Å². The van der Waals surface area contributed by atoms with Crippen LogP contribution in [0.1, 0.15) is 0 Å². The van der Waals surface area contributed by atoms with Crippen molar-refractivity contribution in [3.05, 3.63) is 73.8 Å². The van der Waals surface area contributed by atoms with Crippen molar-refractivity contribution in [2.24, 2.45) is 4.99 Å². The molecule has 1 saturated heterocycles. The summed E-state index contributed by atoms with van der Waals surface area (Å²) < 4.78 is 7.51. The molecule has 1 aliphatic heterocycles. The van der Waals surface area contributed by atoms with Crippen LogP contribution >= 0.6 is 22.9 Å². The van der Waals surface area contributed by atoms with Gasteiger partial charge in [0.2, 0.25) is 4.80 Å². The lowest BCUT2D eigenvalue weighted by molar-refractivity contribution is -0.384. The van der Waals surface area contributed by atoms with Crippen molar-refractivity contribution in [1.82, 2.24) is 4.68 Å². The van der Waals surface area contributed by atoms with Gasteiger partial charge in [0.15, 0.2) is 0 Å². The lowest BCUT2D eigenvalue weighted by atomic mass is 10.1. The van der Waals surface area contributed by atoms with Crippen LogP contribution in [0.25, 0.3) is 11.3 Å². The molecule has 4 rings (SSSR count). The number of nitro benzene ring substituents is 1. The maximum absolute atomic E-state index is 11.2. The van der Waals surface area contributed by atoms with Gasteiger partial charge in [-0.25, -0.2) is 9.67 Å². The molecule has 0 radical (unpaired) electrons. The molecule has 28 heavy (non-hydrogen) atoms. The Balaban J connectivity index is 1.85. The average molecular weight is 417 g/mol. The van der Waals surface area contributed by atoms with Crippen LogP contribution in [0.3, 0.4) is 0 Å². The third-order valence-electron chi connectivity index (χ3n) is 4.36. The summed E-state index contributed by atoms with van der Waals surface area (Å²) >= 11 is 7.46.